The predicted molar refractivity (Wildman–Crippen MR) is 208 cm³/mol. The Balaban J connectivity index is 0.00000580. The van der Waals surface area contributed by atoms with Crippen molar-refractivity contribution in [3.05, 3.63) is 69.3 Å². The summed E-state index contributed by atoms with van der Waals surface area (Å²) in [6.07, 6.45) is -3.56. The minimum Gasteiger partial charge on any atom is -0.657 e. The van der Waals surface area contributed by atoms with Gasteiger partial charge in [-0.25, -0.2) is 4.98 Å². The minimum atomic E-state index is -1.50. The molecule has 1 amide bonds. The quantitative estimate of drug-likeness (QED) is 0.156. The topological polar surface area (TPSA) is 174 Å². The van der Waals surface area contributed by atoms with Crippen molar-refractivity contribution in [3.8, 4) is 0 Å². The molecule has 7 atom stereocenters. The molecule has 0 spiro atoms. The third-order valence-electron chi connectivity index (χ3n) is 11.6. The number of nitrogens with zero attached hydrogens (tertiary/aromatic N) is 5. The van der Waals surface area contributed by atoms with Gasteiger partial charge in [-0.3, -0.25) is 9.78 Å². The van der Waals surface area contributed by atoms with Gasteiger partial charge < -0.3 is 44.8 Å². The third-order valence-corrected chi connectivity index (χ3v) is 11.6. The summed E-state index contributed by atoms with van der Waals surface area (Å²) in [7, 11) is 1.76. The van der Waals surface area contributed by atoms with Gasteiger partial charge in [-0.05, 0) is 70.1 Å². The SMILES string of the molecule is CCC1=C(C)c2cc3[n-]c(cc4nc(c(C)c5cc(C)c(cc1n2)[n-]5)[C@@H](CCC(=O)N(C)CCCO[C@@H]1O[C@H](CO)[C@@H](O)[C@H](O)[C@H]1O)[C@@H]4C)c(C)c3CC.[Zn+2]. The van der Waals surface area contributed by atoms with Gasteiger partial charge in [0.15, 0.2) is 6.29 Å². The summed E-state index contributed by atoms with van der Waals surface area (Å²) in [5.74, 6) is 0.0229. The maximum absolute atomic E-state index is 13.5. The number of carbonyl (C=O) groups excluding carboxylic acids is 1. The number of fused-ring (bicyclic) bond motifs is 8. The Kier molecular flexibility index (Phi) is 13.9. The van der Waals surface area contributed by atoms with Crippen LogP contribution in [0.2, 0.25) is 0 Å². The van der Waals surface area contributed by atoms with Gasteiger partial charge in [-0.1, -0.05) is 61.7 Å². The van der Waals surface area contributed by atoms with E-state index in [9.17, 15) is 25.2 Å². The van der Waals surface area contributed by atoms with E-state index in [1.54, 1.807) is 11.9 Å². The summed E-state index contributed by atoms with van der Waals surface area (Å²) >= 11 is 0. The number of allylic oxidation sites excluding steroid dienone is 2. The van der Waals surface area contributed by atoms with Crippen molar-refractivity contribution in [2.75, 3.05) is 26.8 Å². The number of hydrogen-bond donors (Lipinski definition) is 4. The van der Waals surface area contributed by atoms with Crippen LogP contribution >= 0.6 is 0 Å². The van der Waals surface area contributed by atoms with Crippen molar-refractivity contribution in [1.82, 2.24) is 24.8 Å². The van der Waals surface area contributed by atoms with Gasteiger partial charge in [-0.15, -0.1) is 22.1 Å². The predicted octanol–water partition coefficient (Wildman–Crippen LogP) is 4.73. The molecule has 0 radical (unpaired) electrons. The molecule has 1 fully saturated rings. The van der Waals surface area contributed by atoms with Gasteiger partial charge in [-0.2, -0.15) is 0 Å². The maximum Gasteiger partial charge on any atom is 2.00 e. The first-order valence-corrected chi connectivity index (χ1v) is 19.2. The van der Waals surface area contributed by atoms with Crippen LogP contribution in [0.4, 0.5) is 0 Å². The molecule has 55 heavy (non-hydrogen) atoms. The van der Waals surface area contributed by atoms with E-state index in [4.69, 9.17) is 29.4 Å². The van der Waals surface area contributed by atoms with Crippen LogP contribution in [0.3, 0.4) is 0 Å². The van der Waals surface area contributed by atoms with Crippen LogP contribution in [0.5, 0.6) is 0 Å². The monoisotopic (exact) mass is 805 g/mol. The van der Waals surface area contributed by atoms with Gasteiger partial charge in [0.05, 0.1) is 24.6 Å². The summed E-state index contributed by atoms with van der Waals surface area (Å²) in [6, 6.07) is 8.46. The molecule has 3 aliphatic rings. The number of amides is 1. The largest absolute Gasteiger partial charge is 2.00 e. The molecule has 4 N–H and O–H groups in total. The fourth-order valence-electron chi connectivity index (χ4n) is 8.05. The molecular weight excluding hydrogens is 752 g/mol. The van der Waals surface area contributed by atoms with Crippen molar-refractivity contribution in [1.29, 1.82) is 0 Å². The average Bonchev–Trinajstić information content (AvgIpc) is 3.86. The van der Waals surface area contributed by atoms with E-state index < -0.39 is 37.3 Å². The maximum atomic E-state index is 13.5. The first kappa shape index (κ1) is 42.8. The number of aliphatic hydroxyl groups is 4. The van der Waals surface area contributed by atoms with Crippen LogP contribution in [-0.4, -0.2) is 98.7 Å². The normalized spacial score (nSPS) is 23.9. The van der Waals surface area contributed by atoms with E-state index in [1.807, 2.05) is 0 Å². The molecule has 0 unspecified atom stereocenters. The Morgan fingerprint density at radius 1 is 0.891 bits per heavy atom. The van der Waals surface area contributed by atoms with Gasteiger partial charge >= 0.3 is 19.5 Å². The molecule has 292 valence electrons. The standard InChI is InChI=1S/C42H55N5O7.Zn/c1-9-26-23(5)32-19-35-27(10-2)22(4)31(44-35)18-33-24(6)28(38(46-33)25(7)30-16-21(3)29(43-30)17-34(26)45-32)12-13-37(49)47(8)14-11-15-53-42-41(52)40(51)39(50)36(20-48)54-42;/h16-19,24,28,36,39-42,48,50-52H,9-15,20H2,1-8H3;/q-2;+2/t24-,28-,36+,39+,40-,41+,42+;/m0./s1. The van der Waals surface area contributed by atoms with Crippen LogP contribution < -0.4 is 9.97 Å². The molecule has 3 aliphatic heterocycles. The van der Waals surface area contributed by atoms with Gasteiger partial charge in [0.1, 0.15) is 24.4 Å². The molecule has 3 aromatic rings. The molecule has 6 rings (SSSR count). The zero-order valence-electron chi connectivity index (χ0n) is 33.5. The number of hydrogen-bond acceptors (Lipinski definition) is 9. The molecule has 8 bridgehead atoms. The number of aliphatic hydroxyl groups excluding tert-OH is 4. The Labute approximate surface area is 336 Å². The smallest absolute Gasteiger partial charge is 0.657 e. The summed E-state index contributed by atoms with van der Waals surface area (Å²) < 4.78 is 11.0. The van der Waals surface area contributed by atoms with E-state index in [0.29, 0.717) is 25.8 Å². The van der Waals surface area contributed by atoms with Crippen molar-refractivity contribution >= 4 is 39.1 Å². The molecule has 0 saturated carbocycles. The van der Waals surface area contributed by atoms with Crippen molar-refractivity contribution in [2.24, 2.45) is 0 Å². The van der Waals surface area contributed by atoms with E-state index in [-0.39, 0.29) is 43.8 Å². The van der Waals surface area contributed by atoms with Crippen molar-refractivity contribution in [2.45, 2.75) is 123 Å². The molecule has 12 nitrogen and oxygen atoms in total. The molecule has 0 aliphatic carbocycles. The second-order valence-electron chi connectivity index (χ2n) is 15.0. The van der Waals surface area contributed by atoms with Crippen molar-refractivity contribution < 1.29 is 54.2 Å². The molecule has 13 heteroatoms. The van der Waals surface area contributed by atoms with Crippen LogP contribution in [0.25, 0.3) is 33.2 Å². The zero-order chi connectivity index (χ0) is 39.0. The van der Waals surface area contributed by atoms with Gasteiger partial charge in [0, 0.05) is 43.2 Å². The zero-order valence-corrected chi connectivity index (χ0v) is 36.4. The van der Waals surface area contributed by atoms with E-state index in [0.717, 1.165) is 74.4 Å². The van der Waals surface area contributed by atoms with E-state index in [2.05, 4.69) is 72.7 Å². The Morgan fingerprint density at radius 3 is 2.27 bits per heavy atom. The molecule has 1 saturated heterocycles. The molecular formula is C42H55N5O7Zn. The third kappa shape index (κ3) is 8.54. The first-order chi connectivity index (χ1) is 25.8. The molecule has 0 aromatic carbocycles. The Hall–Kier alpha value is -3.29. The van der Waals surface area contributed by atoms with Gasteiger partial charge in [0.2, 0.25) is 5.91 Å². The van der Waals surface area contributed by atoms with Crippen LogP contribution in [0, 0.1) is 20.8 Å². The summed E-state index contributed by atoms with van der Waals surface area (Å²) in [4.78, 5) is 35.8. The number of carbonyl (C=O) groups is 1. The van der Waals surface area contributed by atoms with Crippen LogP contribution in [-0.2, 0) is 40.2 Å². The summed E-state index contributed by atoms with van der Waals surface area (Å²) in [5.41, 5.74) is 14.2. The summed E-state index contributed by atoms with van der Waals surface area (Å²) in [5, 5.41) is 39.7. The number of rotatable bonds is 11. The number of aromatic nitrogens is 4. The fraction of sp³-hybridized carbons (Fsp3) is 0.548. The second kappa shape index (κ2) is 17.9. The van der Waals surface area contributed by atoms with E-state index in [1.165, 1.54) is 16.7 Å². The second-order valence-corrected chi connectivity index (χ2v) is 15.0. The Morgan fingerprint density at radius 2 is 1.58 bits per heavy atom. The number of aryl methyl sites for hydroxylation is 4. The first-order valence-electron chi connectivity index (χ1n) is 19.2. The van der Waals surface area contributed by atoms with Crippen LogP contribution in [0.15, 0.2) is 24.3 Å². The van der Waals surface area contributed by atoms with E-state index >= 15 is 0 Å². The Bertz CT molecular complexity index is 2070. The minimum absolute atomic E-state index is 0. The molecule has 3 aromatic heterocycles. The fourth-order valence-corrected chi connectivity index (χ4v) is 8.05. The average molecular weight is 807 g/mol. The van der Waals surface area contributed by atoms with Crippen molar-refractivity contribution in [3.63, 3.8) is 0 Å². The number of ether oxygens (including phenoxy) is 2. The summed E-state index contributed by atoms with van der Waals surface area (Å²) in [6.45, 7) is 15.0. The van der Waals surface area contributed by atoms with Crippen LogP contribution in [0.1, 0.15) is 110 Å². The molecule has 6 heterocycles. The van der Waals surface area contributed by atoms with Gasteiger partial charge in [0.25, 0.3) is 0 Å².